The Morgan fingerprint density at radius 3 is 2.32 bits per heavy atom. The number of halogens is 2. The minimum absolute atomic E-state index is 0.0273. The van der Waals surface area contributed by atoms with E-state index in [2.05, 4.69) is 0 Å². The molecule has 0 aromatic heterocycles. The minimum Gasteiger partial charge on any atom is -0.375 e. The third-order valence-electron chi connectivity index (χ3n) is 4.31. The van der Waals surface area contributed by atoms with E-state index in [4.69, 9.17) is 10.5 Å². The molecule has 0 aliphatic rings. The molecule has 2 N–H and O–H groups in total. The summed E-state index contributed by atoms with van der Waals surface area (Å²) in [4.78, 5) is 12.1. The monoisotopic (exact) mass is 412 g/mol. The fraction of sp³-hybridized carbons (Fsp3) is 0.316. The van der Waals surface area contributed by atoms with Crippen LogP contribution in [0.25, 0.3) is 0 Å². The van der Waals surface area contributed by atoms with Gasteiger partial charge in [0.2, 0.25) is 15.9 Å². The highest BCUT2D eigenvalue weighted by Gasteiger charge is 2.34. The number of methoxy groups -OCH3 is 1. The molecule has 0 heterocycles. The average Bonchev–Trinajstić information content (AvgIpc) is 2.62. The van der Waals surface area contributed by atoms with Crippen molar-refractivity contribution in [2.24, 2.45) is 5.73 Å². The summed E-state index contributed by atoms with van der Waals surface area (Å²) >= 11 is 0. The molecule has 0 radical (unpaired) electrons. The molecule has 2 rings (SSSR count). The number of benzene rings is 2. The predicted octanol–water partition coefficient (Wildman–Crippen LogP) is 2.01. The summed E-state index contributed by atoms with van der Waals surface area (Å²) in [6, 6.07) is 10.5. The van der Waals surface area contributed by atoms with Gasteiger partial charge < -0.3 is 10.5 Å². The predicted molar refractivity (Wildman–Crippen MR) is 101 cm³/mol. The highest BCUT2D eigenvalue weighted by atomic mass is 32.2. The van der Waals surface area contributed by atoms with Gasteiger partial charge in [-0.3, -0.25) is 4.79 Å². The van der Waals surface area contributed by atoms with E-state index in [1.165, 1.54) is 13.2 Å². The third kappa shape index (κ3) is 5.57. The lowest BCUT2D eigenvalue weighted by Gasteiger charge is -2.30. The molecule has 9 heteroatoms. The van der Waals surface area contributed by atoms with E-state index in [1.807, 2.05) is 0 Å². The van der Waals surface area contributed by atoms with Gasteiger partial charge in [-0.2, -0.15) is 4.31 Å². The molecule has 0 fully saturated rings. The quantitative estimate of drug-likeness (QED) is 0.682. The molecular formula is C19H22F2N2O4S. The fourth-order valence-electron chi connectivity index (χ4n) is 2.90. The second-order valence-corrected chi connectivity index (χ2v) is 8.27. The van der Waals surface area contributed by atoms with Gasteiger partial charge in [-0.25, -0.2) is 17.2 Å². The second kappa shape index (κ2) is 9.22. The minimum atomic E-state index is -3.91. The zero-order valence-corrected chi connectivity index (χ0v) is 16.3. The number of primary amides is 1. The number of nitrogens with two attached hydrogens (primary N) is 1. The number of amides is 1. The molecule has 28 heavy (non-hydrogen) atoms. The first-order chi connectivity index (χ1) is 13.1. The van der Waals surface area contributed by atoms with Crippen LogP contribution < -0.4 is 5.73 Å². The number of rotatable bonds is 9. The van der Waals surface area contributed by atoms with Gasteiger partial charge in [0.1, 0.15) is 17.7 Å². The van der Waals surface area contributed by atoms with E-state index in [0.29, 0.717) is 11.6 Å². The van der Waals surface area contributed by atoms with Gasteiger partial charge in [0.15, 0.2) is 0 Å². The van der Waals surface area contributed by atoms with Crippen molar-refractivity contribution in [3.8, 4) is 0 Å². The Morgan fingerprint density at radius 2 is 1.82 bits per heavy atom. The van der Waals surface area contributed by atoms with Crippen molar-refractivity contribution in [2.75, 3.05) is 19.9 Å². The molecule has 2 atom stereocenters. The van der Waals surface area contributed by atoms with E-state index in [-0.39, 0.29) is 18.5 Å². The molecule has 2 aromatic rings. The van der Waals surface area contributed by atoms with Gasteiger partial charge in [-0.15, -0.1) is 0 Å². The maximum absolute atomic E-state index is 14.2. The zero-order valence-electron chi connectivity index (χ0n) is 15.5. The van der Waals surface area contributed by atoms with Crippen LogP contribution in [0.5, 0.6) is 0 Å². The highest BCUT2D eigenvalue weighted by molar-refractivity contribution is 7.88. The molecule has 1 amide bonds. The topological polar surface area (TPSA) is 89.7 Å². The van der Waals surface area contributed by atoms with E-state index in [0.717, 1.165) is 16.6 Å². The standard InChI is InChI=1S/C19H22F2N2O4S/c1-27-18(15-9-8-14(20)11-16(15)21)12-23(28(2,25)26)17(19(22)24)10-13-6-4-3-5-7-13/h3-9,11,17-18H,10,12H2,1-2H3,(H2,22,24). The molecular weight excluding hydrogens is 390 g/mol. The Labute approximate surface area is 163 Å². The molecule has 6 nitrogen and oxygen atoms in total. The van der Waals surface area contributed by atoms with Crippen LogP contribution in [0.15, 0.2) is 48.5 Å². The summed E-state index contributed by atoms with van der Waals surface area (Å²) in [6.07, 6.45) is -0.0827. The largest absolute Gasteiger partial charge is 0.375 e. The molecule has 0 saturated heterocycles. The van der Waals surface area contributed by atoms with Crippen molar-refractivity contribution in [2.45, 2.75) is 18.6 Å². The SMILES string of the molecule is COC(CN(C(Cc1ccccc1)C(N)=O)S(C)(=O)=O)c1ccc(F)cc1F. The second-order valence-electron chi connectivity index (χ2n) is 6.33. The van der Waals surface area contributed by atoms with Crippen molar-refractivity contribution >= 4 is 15.9 Å². The Bertz CT molecular complexity index is 923. The van der Waals surface area contributed by atoms with Crippen molar-refractivity contribution in [3.63, 3.8) is 0 Å². The summed E-state index contributed by atoms with van der Waals surface area (Å²) in [6.45, 7) is -0.363. The summed E-state index contributed by atoms with van der Waals surface area (Å²) in [5, 5.41) is 0. The first-order valence-electron chi connectivity index (χ1n) is 8.41. The number of carbonyl (C=O) groups excluding carboxylic acids is 1. The number of ether oxygens (including phenoxy) is 1. The number of hydrogen-bond donors (Lipinski definition) is 1. The maximum Gasteiger partial charge on any atom is 0.236 e. The van der Waals surface area contributed by atoms with Crippen LogP contribution in [0.4, 0.5) is 8.78 Å². The van der Waals surface area contributed by atoms with E-state index < -0.39 is 39.7 Å². The van der Waals surface area contributed by atoms with Gasteiger partial charge >= 0.3 is 0 Å². The Morgan fingerprint density at radius 1 is 1.18 bits per heavy atom. The molecule has 152 valence electrons. The summed E-state index contributed by atoms with van der Waals surface area (Å²) in [7, 11) is -2.64. The van der Waals surface area contributed by atoms with Crippen LogP contribution in [-0.2, 0) is 26.0 Å². The van der Waals surface area contributed by atoms with Crippen LogP contribution in [0.3, 0.4) is 0 Å². The molecule has 0 spiro atoms. The number of carbonyl (C=O) groups is 1. The Balaban J connectivity index is 2.39. The lowest BCUT2D eigenvalue weighted by molar-refractivity contribution is -0.122. The molecule has 2 aromatic carbocycles. The van der Waals surface area contributed by atoms with Crippen LogP contribution >= 0.6 is 0 Å². The van der Waals surface area contributed by atoms with Gasteiger partial charge in [0, 0.05) is 25.3 Å². The van der Waals surface area contributed by atoms with Crippen molar-refractivity contribution in [1.29, 1.82) is 0 Å². The fourth-order valence-corrected chi connectivity index (χ4v) is 3.95. The smallest absolute Gasteiger partial charge is 0.236 e. The summed E-state index contributed by atoms with van der Waals surface area (Å²) in [5.41, 5.74) is 6.16. The average molecular weight is 412 g/mol. The van der Waals surface area contributed by atoms with Crippen molar-refractivity contribution < 1.29 is 26.7 Å². The lowest BCUT2D eigenvalue weighted by Crippen LogP contribution is -2.50. The first kappa shape index (κ1) is 21.9. The Kier molecular flexibility index (Phi) is 7.22. The normalized spacial score (nSPS) is 14.0. The molecule has 0 aliphatic carbocycles. The summed E-state index contributed by atoms with van der Waals surface area (Å²) < 4.78 is 58.3. The number of hydrogen-bond acceptors (Lipinski definition) is 4. The number of sulfonamides is 1. The maximum atomic E-state index is 14.2. The van der Waals surface area contributed by atoms with Crippen LogP contribution in [0, 0.1) is 11.6 Å². The van der Waals surface area contributed by atoms with E-state index in [1.54, 1.807) is 30.3 Å². The van der Waals surface area contributed by atoms with Crippen LogP contribution in [0.2, 0.25) is 0 Å². The van der Waals surface area contributed by atoms with Gasteiger partial charge in [-0.1, -0.05) is 36.4 Å². The van der Waals surface area contributed by atoms with Crippen molar-refractivity contribution in [1.82, 2.24) is 4.31 Å². The zero-order chi connectivity index (χ0) is 20.9. The van der Waals surface area contributed by atoms with E-state index >= 15 is 0 Å². The third-order valence-corrected chi connectivity index (χ3v) is 5.57. The molecule has 2 unspecified atom stereocenters. The molecule has 0 saturated carbocycles. The molecule has 0 bridgehead atoms. The Hall–Kier alpha value is -2.36. The van der Waals surface area contributed by atoms with Gasteiger partial charge in [0.25, 0.3) is 0 Å². The summed E-state index contributed by atoms with van der Waals surface area (Å²) in [5.74, 6) is -2.49. The van der Waals surface area contributed by atoms with Crippen LogP contribution in [0.1, 0.15) is 17.2 Å². The van der Waals surface area contributed by atoms with Crippen molar-refractivity contribution in [3.05, 3.63) is 71.3 Å². The van der Waals surface area contributed by atoms with Crippen LogP contribution in [-0.4, -0.2) is 44.6 Å². The molecule has 0 aliphatic heterocycles. The lowest BCUT2D eigenvalue weighted by atomic mass is 10.0. The van der Waals surface area contributed by atoms with E-state index in [9.17, 15) is 22.0 Å². The highest BCUT2D eigenvalue weighted by Crippen LogP contribution is 2.25. The van der Waals surface area contributed by atoms with Gasteiger partial charge in [-0.05, 0) is 18.1 Å². The number of nitrogens with zero attached hydrogens (tertiary/aromatic N) is 1. The first-order valence-corrected chi connectivity index (χ1v) is 10.3. The van der Waals surface area contributed by atoms with Gasteiger partial charge in [0.05, 0.1) is 12.4 Å².